The van der Waals surface area contributed by atoms with Crippen molar-refractivity contribution in [2.75, 3.05) is 22.5 Å². The Balaban J connectivity index is 1.94. The van der Waals surface area contributed by atoms with Gasteiger partial charge in [0.15, 0.2) is 0 Å². The number of carbonyl (C=O) groups excluding carboxylic acids is 2. The molecular formula is C24H23ClN2O5S. The second-order valence-corrected chi connectivity index (χ2v) is 9.46. The van der Waals surface area contributed by atoms with Crippen LogP contribution < -0.4 is 9.62 Å². The van der Waals surface area contributed by atoms with Gasteiger partial charge in [-0.25, -0.2) is 13.2 Å². The Morgan fingerprint density at radius 3 is 2.30 bits per heavy atom. The second kappa shape index (κ2) is 10.5. The van der Waals surface area contributed by atoms with Crippen molar-refractivity contribution in [3.63, 3.8) is 0 Å². The zero-order valence-corrected chi connectivity index (χ0v) is 19.7. The van der Waals surface area contributed by atoms with Crippen LogP contribution in [0.5, 0.6) is 0 Å². The van der Waals surface area contributed by atoms with Gasteiger partial charge >= 0.3 is 5.97 Å². The van der Waals surface area contributed by atoms with Gasteiger partial charge in [0, 0.05) is 5.69 Å². The van der Waals surface area contributed by atoms with E-state index >= 15 is 0 Å². The van der Waals surface area contributed by atoms with Crippen molar-refractivity contribution >= 4 is 44.9 Å². The molecule has 0 bridgehead atoms. The number of hydrogen-bond donors (Lipinski definition) is 1. The third-order valence-corrected chi connectivity index (χ3v) is 6.16. The van der Waals surface area contributed by atoms with Crippen LogP contribution in [0.1, 0.15) is 33.2 Å². The van der Waals surface area contributed by atoms with Gasteiger partial charge in [-0.2, -0.15) is 0 Å². The van der Waals surface area contributed by atoms with Gasteiger partial charge in [-0.05, 0) is 42.8 Å². The van der Waals surface area contributed by atoms with Crippen LogP contribution in [0.2, 0.25) is 5.02 Å². The molecule has 0 radical (unpaired) electrons. The number of ether oxygens (including phenoxy) is 1. The molecule has 1 amide bonds. The number of halogens is 1. The molecule has 7 nitrogen and oxygen atoms in total. The molecule has 0 unspecified atom stereocenters. The summed E-state index contributed by atoms with van der Waals surface area (Å²) >= 11 is 6.09. The van der Waals surface area contributed by atoms with Crippen LogP contribution in [0.3, 0.4) is 0 Å². The number of nitrogens with zero attached hydrogens (tertiary/aromatic N) is 1. The fourth-order valence-corrected chi connectivity index (χ4v) is 4.27. The van der Waals surface area contributed by atoms with Gasteiger partial charge in [0.25, 0.3) is 5.91 Å². The van der Waals surface area contributed by atoms with Crippen molar-refractivity contribution in [2.45, 2.75) is 13.5 Å². The van der Waals surface area contributed by atoms with E-state index in [4.69, 9.17) is 16.3 Å². The standard InChI is InChI=1S/C24H23ClN2O5S/c1-3-32-24(29)20-15-18(13-14-21(20)25)26-23(28)19-11-7-8-12-22(19)27(33(2,30)31)16-17-9-5-4-6-10-17/h4-15H,3,16H2,1-2H3,(H,26,28). The van der Waals surface area contributed by atoms with Crippen molar-refractivity contribution in [3.05, 3.63) is 94.5 Å². The summed E-state index contributed by atoms with van der Waals surface area (Å²) in [5.41, 5.74) is 1.60. The molecule has 0 spiro atoms. The van der Waals surface area contributed by atoms with Crippen LogP contribution >= 0.6 is 11.6 Å². The quantitative estimate of drug-likeness (QED) is 0.464. The van der Waals surface area contributed by atoms with Gasteiger partial charge in [-0.3, -0.25) is 9.10 Å². The smallest absolute Gasteiger partial charge is 0.339 e. The van der Waals surface area contributed by atoms with E-state index in [0.29, 0.717) is 5.69 Å². The molecule has 172 valence electrons. The third kappa shape index (κ3) is 6.12. The summed E-state index contributed by atoms with van der Waals surface area (Å²) in [5.74, 6) is -1.14. The molecule has 0 heterocycles. The lowest BCUT2D eigenvalue weighted by Crippen LogP contribution is -2.31. The minimum Gasteiger partial charge on any atom is -0.462 e. The molecule has 0 atom stereocenters. The van der Waals surface area contributed by atoms with E-state index in [-0.39, 0.29) is 35.0 Å². The number of carbonyl (C=O) groups is 2. The van der Waals surface area contributed by atoms with Crippen molar-refractivity contribution in [1.29, 1.82) is 0 Å². The number of rotatable bonds is 8. The summed E-state index contributed by atoms with van der Waals surface area (Å²) < 4.78 is 31.4. The Kier molecular flexibility index (Phi) is 7.73. The molecule has 3 aromatic carbocycles. The van der Waals surface area contributed by atoms with E-state index in [1.54, 1.807) is 31.2 Å². The molecule has 33 heavy (non-hydrogen) atoms. The maximum absolute atomic E-state index is 13.1. The zero-order chi connectivity index (χ0) is 24.0. The number of benzene rings is 3. The average molecular weight is 487 g/mol. The Labute approximate surface area is 198 Å². The van der Waals surface area contributed by atoms with Crippen LogP contribution in [-0.2, 0) is 21.3 Å². The highest BCUT2D eigenvalue weighted by molar-refractivity contribution is 7.92. The number of sulfonamides is 1. The molecule has 0 saturated heterocycles. The van der Waals surface area contributed by atoms with E-state index < -0.39 is 21.9 Å². The van der Waals surface area contributed by atoms with E-state index in [1.807, 2.05) is 30.3 Å². The molecule has 0 aliphatic rings. The second-order valence-electron chi connectivity index (χ2n) is 7.14. The Morgan fingerprint density at radius 2 is 1.64 bits per heavy atom. The van der Waals surface area contributed by atoms with E-state index in [9.17, 15) is 18.0 Å². The van der Waals surface area contributed by atoms with E-state index in [2.05, 4.69) is 5.32 Å². The van der Waals surface area contributed by atoms with Crippen LogP contribution in [0.4, 0.5) is 11.4 Å². The summed E-state index contributed by atoms with van der Waals surface area (Å²) in [7, 11) is -3.70. The predicted molar refractivity (Wildman–Crippen MR) is 129 cm³/mol. The van der Waals surface area contributed by atoms with Crippen LogP contribution in [0.25, 0.3) is 0 Å². The van der Waals surface area contributed by atoms with Crippen LogP contribution in [0.15, 0.2) is 72.8 Å². The Hall–Kier alpha value is -3.36. The minimum absolute atomic E-state index is 0.0674. The average Bonchev–Trinajstić information content (AvgIpc) is 2.79. The van der Waals surface area contributed by atoms with E-state index in [1.165, 1.54) is 22.5 Å². The van der Waals surface area contributed by atoms with Crippen LogP contribution in [-0.4, -0.2) is 33.2 Å². The van der Waals surface area contributed by atoms with Gasteiger partial charge in [0.1, 0.15) is 0 Å². The molecule has 1 N–H and O–H groups in total. The first-order valence-electron chi connectivity index (χ1n) is 10.1. The summed E-state index contributed by atoms with van der Waals surface area (Å²) in [4.78, 5) is 25.2. The number of anilines is 2. The molecule has 0 aliphatic heterocycles. The summed E-state index contributed by atoms with van der Waals surface area (Å²) in [5, 5.41) is 2.90. The van der Waals surface area contributed by atoms with Gasteiger partial charge in [0.05, 0.1) is 41.2 Å². The maximum Gasteiger partial charge on any atom is 0.339 e. The largest absolute Gasteiger partial charge is 0.462 e. The van der Waals surface area contributed by atoms with Gasteiger partial charge in [-0.1, -0.05) is 54.1 Å². The zero-order valence-electron chi connectivity index (χ0n) is 18.1. The SMILES string of the molecule is CCOC(=O)c1cc(NC(=O)c2ccccc2N(Cc2ccccc2)S(C)(=O)=O)ccc1Cl. The summed E-state index contributed by atoms with van der Waals surface area (Å²) in [6.45, 7) is 1.93. The van der Waals surface area contributed by atoms with Gasteiger partial charge in [-0.15, -0.1) is 0 Å². The summed E-state index contributed by atoms with van der Waals surface area (Å²) in [6.07, 6.45) is 1.09. The molecule has 9 heteroatoms. The first-order valence-corrected chi connectivity index (χ1v) is 12.3. The molecule has 0 saturated carbocycles. The first-order chi connectivity index (χ1) is 15.7. The molecule has 0 aromatic heterocycles. The van der Waals surface area contributed by atoms with Crippen molar-refractivity contribution in [2.24, 2.45) is 0 Å². The van der Waals surface area contributed by atoms with Crippen LogP contribution in [0, 0.1) is 0 Å². The van der Waals surface area contributed by atoms with Gasteiger partial charge < -0.3 is 10.1 Å². The topological polar surface area (TPSA) is 92.8 Å². The fourth-order valence-electron chi connectivity index (χ4n) is 3.18. The minimum atomic E-state index is -3.70. The molecule has 0 fully saturated rings. The lowest BCUT2D eigenvalue weighted by atomic mass is 10.1. The van der Waals surface area contributed by atoms with Gasteiger partial charge in [0.2, 0.25) is 10.0 Å². The number of hydrogen-bond acceptors (Lipinski definition) is 5. The Morgan fingerprint density at radius 1 is 0.970 bits per heavy atom. The highest BCUT2D eigenvalue weighted by Crippen LogP contribution is 2.27. The third-order valence-electron chi connectivity index (χ3n) is 4.71. The number of para-hydroxylation sites is 1. The highest BCUT2D eigenvalue weighted by atomic mass is 35.5. The number of amides is 1. The first kappa shape index (κ1) is 24.3. The fraction of sp³-hybridized carbons (Fsp3) is 0.167. The monoisotopic (exact) mass is 486 g/mol. The van der Waals surface area contributed by atoms with E-state index in [0.717, 1.165) is 11.8 Å². The lowest BCUT2D eigenvalue weighted by molar-refractivity contribution is 0.0526. The highest BCUT2D eigenvalue weighted by Gasteiger charge is 2.24. The molecule has 3 aromatic rings. The predicted octanol–water partition coefficient (Wildman–Crippen LogP) is 4.74. The molecular weight excluding hydrogens is 464 g/mol. The normalized spacial score (nSPS) is 11.0. The number of nitrogens with one attached hydrogen (secondary N) is 1. The summed E-state index contributed by atoms with van der Waals surface area (Å²) in [6, 6.07) is 20.0. The molecule has 3 rings (SSSR count). The van der Waals surface area contributed by atoms with Crippen molar-refractivity contribution < 1.29 is 22.7 Å². The molecule has 0 aliphatic carbocycles. The number of esters is 1. The Bertz CT molecular complexity index is 1260. The lowest BCUT2D eigenvalue weighted by Gasteiger charge is -2.25. The van der Waals surface area contributed by atoms with Crippen molar-refractivity contribution in [1.82, 2.24) is 0 Å². The van der Waals surface area contributed by atoms with Crippen molar-refractivity contribution in [3.8, 4) is 0 Å². The maximum atomic E-state index is 13.1.